The molecular formula is C21H20BrNO. The number of phenolic OH excluding ortho intramolecular Hbond substituents is 1. The zero-order chi connectivity index (χ0) is 17.3. The minimum atomic E-state index is -0.143. The predicted octanol–water partition coefficient (Wildman–Crippen LogP) is 6.36. The second-order valence-corrected chi connectivity index (χ2v) is 7.81. The number of aliphatic imine (C=N–C) groups is 1. The summed E-state index contributed by atoms with van der Waals surface area (Å²) < 4.78 is 0.935. The van der Waals surface area contributed by atoms with E-state index in [1.54, 1.807) is 6.21 Å². The number of halogens is 1. The van der Waals surface area contributed by atoms with E-state index in [9.17, 15) is 5.11 Å². The lowest BCUT2D eigenvalue weighted by Crippen LogP contribution is -2.12. The average molecular weight is 382 g/mol. The highest BCUT2D eigenvalue weighted by Crippen LogP contribution is 2.35. The molecule has 24 heavy (non-hydrogen) atoms. The smallest absolute Gasteiger partial charge is 0.128 e. The Kier molecular flexibility index (Phi) is 4.46. The average Bonchev–Trinajstić information content (AvgIpc) is 2.54. The van der Waals surface area contributed by atoms with Crippen molar-refractivity contribution in [3.63, 3.8) is 0 Å². The first-order valence-corrected chi connectivity index (χ1v) is 8.70. The fraction of sp³-hybridized carbons (Fsp3) is 0.190. The van der Waals surface area contributed by atoms with Crippen LogP contribution in [0.3, 0.4) is 0 Å². The molecule has 0 aliphatic rings. The molecule has 0 amide bonds. The van der Waals surface area contributed by atoms with Gasteiger partial charge in [0.05, 0.1) is 5.69 Å². The number of rotatable bonds is 2. The number of aromatic hydroxyl groups is 1. The van der Waals surface area contributed by atoms with Crippen molar-refractivity contribution in [3.8, 4) is 5.75 Å². The van der Waals surface area contributed by atoms with Gasteiger partial charge in [-0.15, -0.1) is 0 Å². The quantitative estimate of drug-likeness (QED) is 0.514. The molecule has 1 N–H and O–H groups in total. The fourth-order valence-electron chi connectivity index (χ4n) is 2.75. The Labute approximate surface area is 151 Å². The molecule has 3 rings (SSSR count). The third-order valence-electron chi connectivity index (χ3n) is 4.02. The summed E-state index contributed by atoms with van der Waals surface area (Å²) in [5.41, 5.74) is 2.36. The minimum absolute atomic E-state index is 0.143. The van der Waals surface area contributed by atoms with Gasteiger partial charge in [-0.2, -0.15) is 0 Å². The van der Waals surface area contributed by atoms with Crippen LogP contribution in [-0.4, -0.2) is 11.3 Å². The van der Waals surface area contributed by atoms with Gasteiger partial charge < -0.3 is 5.11 Å². The first-order valence-electron chi connectivity index (χ1n) is 7.91. The van der Waals surface area contributed by atoms with Crippen LogP contribution in [-0.2, 0) is 5.41 Å². The van der Waals surface area contributed by atoms with Gasteiger partial charge in [0.1, 0.15) is 5.75 Å². The van der Waals surface area contributed by atoms with E-state index < -0.39 is 0 Å². The van der Waals surface area contributed by atoms with Crippen molar-refractivity contribution < 1.29 is 5.11 Å². The molecule has 0 unspecified atom stereocenters. The third kappa shape index (κ3) is 3.36. The van der Waals surface area contributed by atoms with Crippen molar-refractivity contribution in [2.24, 2.45) is 4.99 Å². The molecule has 3 heteroatoms. The van der Waals surface area contributed by atoms with E-state index in [2.05, 4.69) is 59.9 Å². The van der Waals surface area contributed by atoms with Gasteiger partial charge in [0.2, 0.25) is 0 Å². The molecule has 0 saturated carbocycles. The molecule has 0 saturated heterocycles. The summed E-state index contributed by atoms with van der Waals surface area (Å²) >= 11 is 3.53. The molecule has 2 nitrogen and oxygen atoms in total. The van der Waals surface area contributed by atoms with E-state index in [4.69, 9.17) is 0 Å². The molecule has 122 valence electrons. The second-order valence-electron chi connectivity index (χ2n) is 6.90. The molecular weight excluding hydrogens is 362 g/mol. The topological polar surface area (TPSA) is 32.6 Å². The fourth-order valence-corrected chi connectivity index (χ4v) is 3.23. The van der Waals surface area contributed by atoms with E-state index in [1.165, 1.54) is 0 Å². The van der Waals surface area contributed by atoms with Gasteiger partial charge in [-0.05, 0) is 29.0 Å². The van der Waals surface area contributed by atoms with E-state index in [0.717, 1.165) is 26.5 Å². The van der Waals surface area contributed by atoms with Crippen LogP contribution in [0, 0.1) is 0 Å². The number of fused-ring (bicyclic) bond motifs is 1. The van der Waals surface area contributed by atoms with Crippen LogP contribution in [0.1, 0.15) is 31.9 Å². The number of phenols is 1. The maximum Gasteiger partial charge on any atom is 0.128 e. The molecule has 0 heterocycles. The van der Waals surface area contributed by atoms with Crippen molar-refractivity contribution >= 4 is 38.6 Å². The highest BCUT2D eigenvalue weighted by molar-refractivity contribution is 9.10. The van der Waals surface area contributed by atoms with Gasteiger partial charge in [-0.1, -0.05) is 73.1 Å². The van der Waals surface area contributed by atoms with Crippen LogP contribution in [0.5, 0.6) is 5.75 Å². The van der Waals surface area contributed by atoms with Crippen molar-refractivity contribution in [1.29, 1.82) is 0 Å². The van der Waals surface area contributed by atoms with Crippen LogP contribution in [0.15, 0.2) is 64.1 Å². The van der Waals surface area contributed by atoms with Gasteiger partial charge in [0, 0.05) is 27.2 Å². The summed E-state index contributed by atoms with van der Waals surface area (Å²) in [7, 11) is 0. The number of hydrogen-bond donors (Lipinski definition) is 1. The monoisotopic (exact) mass is 381 g/mol. The Bertz CT molecular complexity index is 918. The molecule has 0 radical (unpaired) electrons. The molecule has 0 atom stereocenters. The van der Waals surface area contributed by atoms with Crippen molar-refractivity contribution in [2.75, 3.05) is 0 Å². The van der Waals surface area contributed by atoms with Gasteiger partial charge >= 0.3 is 0 Å². The van der Waals surface area contributed by atoms with E-state index in [0.29, 0.717) is 5.56 Å². The lowest BCUT2D eigenvalue weighted by atomic mass is 9.85. The summed E-state index contributed by atoms with van der Waals surface area (Å²) in [5, 5.41) is 12.9. The second kappa shape index (κ2) is 6.40. The standard InChI is InChI=1S/C21H20BrNO/c1-21(2,3)18-12-16(22)11-15(20(18)24)13-23-19-10-6-8-14-7-4-5-9-17(14)19/h4-13,24H,1-3H3. The minimum Gasteiger partial charge on any atom is -0.507 e. The SMILES string of the molecule is CC(C)(C)c1cc(Br)cc(C=Nc2cccc3ccccc23)c1O. The van der Waals surface area contributed by atoms with Gasteiger partial charge in [0.15, 0.2) is 0 Å². The van der Waals surface area contributed by atoms with Crippen LogP contribution in [0.2, 0.25) is 0 Å². The molecule has 0 bridgehead atoms. The zero-order valence-electron chi connectivity index (χ0n) is 14.0. The van der Waals surface area contributed by atoms with Gasteiger partial charge in [-0.3, -0.25) is 4.99 Å². The van der Waals surface area contributed by atoms with Crippen LogP contribution >= 0.6 is 15.9 Å². The van der Waals surface area contributed by atoms with E-state index in [1.807, 2.05) is 36.4 Å². The van der Waals surface area contributed by atoms with Crippen LogP contribution in [0.4, 0.5) is 5.69 Å². The summed E-state index contributed by atoms with van der Waals surface area (Å²) in [6.45, 7) is 6.25. The third-order valence-corrected chi connectivity index (χ3v) is 4.48. The first kappa shape index (κ1) is 16.7. The lowest BCUT2D eigenvalue weighted by molar-refractivity contribution is 0.445. The van der Waals surface area contributed by atoms with E-state index >= 15 is 0 Å². The lowest BCUT2D eigenvalue weighted by Gasteiger charge is -2.21. The normalized spacial score (nSPS) is 12.2. The molecule has 0 spiro atoms. The molecule has 3 aromatic carbocycles. The maximum atomic E-state index is 10.6. The van der Waals surface area contributed by atoms with Crippen molar-refractivity contribution in [1.82, 2.24) is 0 Å². The molecule has 0 aromatic heterocycles. The number of benzene rings is 3. The Balaban J connectivity index is 2.08. The van der Waals surface area contributed by atoms with Crippen molar-refractivity contribution in [2.45, 2.75) is 26.2 Å². The van der Waals surface area contributed by atoms with Crippen LogP contribution < -0.4 is 0 Å². The number of hydrogen-bond acceptors (Lipinski definition) is 2. The summed E-state index contributed by atoms with van der Waals surface area (Å²) in [5.74, 6) is 0.287. The first-order chi connectivity index (χ1) is 11.4. The highest BCUT2D eigenvalue weighted by Gasteiger charge is 2.20. The predicted molar refractivity (Wildman–Crippen MR) is 106 cm³/mol. The molecule has 0 fully saturated rings. The van der Waals surface area contributed by atoms with Crippen LogP contribution in [0.25, 0.3) is 10.8 Å². The number of nitrogens with zero attached hydrogens (tertiary/aromatic N) is 1. The largest absolute Gasteiger partial charge is 0.507 e. The maximum absolute atomic E-state index is 10.6. The molecule has 0 aliphatic heterocycles. The Hall–Kier alpha value is -2.13. The zero-order valence-corrected chi connectivity index (χ0v) is 15.6. The van der Waals surface area contributed by atoms with Gasteiger partial charge in [0.25, 0.3) is 0 Å². The van der Waals surface area contributed by atoms with Gasteiger partial charge in [-0.25, -0.2) is 0 Å². The Morgan fingerprint density at radius 2 is 1.71 bits per heavy atom. The Morgan fingerprint density at radius 3 is 2.46 bits per heavy atom. The van der Waals surface area contributed by atoms with E-state index in [-0.39, 0.29) is 11.2 Å². The summed E-state index contributed by atoms with van der Waals surface area (Å²) in [6.07, 6.45) is 1.73. The summed E-state index contributed by atoms with van der Waals surface area (Å²) in [6, 6.07) is 18.1. The highest BCUT2D eigenvalue weighted by atomic mass is 79.9. The Morgan fingerprint density at radius 1 is 1.00 bits per heavy atom. The van der Waals surface area contributed by atoms with Crippen molar-refractivity contribution in [3.05, 3.63) is 70.2 Å². The molecule has 3 aromatic rings. The summed E-state index contributed by atoms with van der Waals surface area (Å²) in [4.78, 5) is 4.62. The molecule has 0 aliphatic carbocycles.